The molecule has 2 N–H and O–H groups in total. The van der Waals surface area contributed by atoms with Crippen molar-refractivity contribution in [2.75, 3.05) is 32.1 Å². The molecule has 6 heteroatoms. The fourth-order valence-corrected chi connectivity index (χ4v) is 3.57. The molecule has 0 saturated carbocycles. The van der Waals surface area contributed by atoms with Crippen LogP contribution < -0.4 is 10.6 Å². The van der Waals surface area contributed by atoms with E-state index in [4.69, 9.17) is 18.0 Å². The summed E-state index contributed by atoms with van der Waals surface area (Å²) in [6, 6.07) is 3.92. The van der Waals surface area contributed by atoms with Crippen LogP contribution in [0.5, 0.6) is 0 Å². The molecule has 1 aromatic carbocycles. The summed E-state index contributed by atoms with van der Waals surface area (Å²) in [5.41, 5.74) is 6.77. The highest BCUT2D eigenvalue weighted by molar-refractivity contribution is 9.10. The average molecular weight is 360 g/mol. The lowest BCUT2D eigenvalue weighted by Gasteiger charge is -2.29. The van der Waals surface area contributed by atoms with E-state index in [0.717, 1.165) is 25.9 Å². The highest BCUT2D eigenvalue weighted by Gasteiger charge is 2.28. The van der Waals surface area contributed by atoms with E-state index in [1.54, 1.807) is 12.1 Å². The number of benzene rings is 1. The monoisotopic (exact) mass is 359 g/mol. The lowest BCUT2D eigenvalue weighted by Crippen LogP contribution is -2.38. The van der Waals surface area contributed by atoms with E-state index in [1.165, 1.54) is 0 Å². The van der Waals surface area contributed by atoms with E-state index in [2.05, 4.69) is 25.7 Å². The predicted octanol–water partition coefficient (Wildman–Crippen LogP) is 2.75. The Kier molecular flexibility index (Phi) is 4.99. The minimum Gasteiger partial charge on any atom is -0.389 e. The lowest BCUT2D eigenvalue weighted by atomic mass is 10.1. The zero-order valence-electron chi connectivity index (χ0n) is 11.7. The summed E-state index contributed by atoms with van der Waals surface area (Å²) < 4.78 is 14.9. The van der Waals surface area contributed by atoms with Crippen molar-refractivity contribution < 1.29 is 4.39 Å². The van der Waals surface area contributed by atoms with Gasteiger partial charge in [-0.05, 0) is 55.0 Å². The molecule has 20 heavy (non-hydrogen) atoms. The van der Waals surface area contributed by atoms with Crippen molar-refractivity contribution in [3.05, 3.63) is 28.0 Å². The number of thiocarbonyl (C=S) groups is 1. The van der Waals surface area contributed by atoms with Crippen molar-refractivity contribution in [3.63, 3.8) is 0 Å². The van der Waals surface area contributed by atoms with E-state index in [9.17, 15) is 4.39 Å². The highest BCUT2D eigenvalue weighted by Crippen LogP contribution is 2.33. The third-order valence-corrected chi connectivity index (χ3v) is 4.59. The van der Waals surface area contributed by atoms with Crippen molar-refractivity contribution in [1.29, 1.82) is 0 Å². The Morgan fingerprint density at radius 2 is 2.25 bits per heavy atom. The highest BCUT2D eigenvalue weighted by atomic mass is 79.9. The van der Waals surface area contributed by atoms with Crippen molar-refractivity contribution in [1.82, 2.24) is 4.90 Å². The largest absolute Gasteiger partial charge is 0.389 e. The topological polar surface area (TPSA) is 32.5 Å². The van der Waals surface area contributed by atoms with Gasteiger partial charge in [-0.15, -0.1) is 0 Å². The first-order chi connectivity index (χ1) is 9.41. The first-order valence-corrected chi connectivity index (χ1v) is 7.81. The molecule has 0 aliphatic carbocycles. The Labute approximate surface area is 133 Å². The van der Waals surface area contributed by atoms with Crippen LogP contribution in [0.2, 0.25) is 0 Å². The number of anilines is 1. The Morgan fingerprint density at radius 3 is 2.85 bits per heavy atom. The molecule has 1 aliphatic heterocycles. The van der Waals surface area contributed by atoms with Crippen molar-refractivity contribution >= 4 is 38.8 Å². The van der Waals surface area contributed by atoms with Gasteiger partial charge < -0.3 is 15.5 Å². The molecule has 0 aromatic heterocycles. The van der Waals surface area contributed by atoms with Gasteiger partial charge in [0.1, 0.15) is 4.99 Å². The quantitative estimate of drug-likeness (QED) is 0.837. The molecular formula is C14H19BrFN3S. The number of halogens is 2. The Bertz CT molecular complexity index is 521. The number of hydrogen-bond acceptors (Lipinski definition) is 3. The molecule has 0 radical (unpaired) electrons. The van der Waals surface area contributed by atoms with Gasteiger partial charge in [0.05, 0.1) is 10.2 Å². The first-order valence-electron chi connectivity index (χ1n) is 6.61. The molecule has 1 saturated heterocycles. The SMILES string of the molecule is CN(C)CC1CCCN1c1ccc(C(N)=S)c(Br)c1F. The molecule has 1 aliphatic rings. The van der Waals surface area contributed by atoms with Crippen LogP contribution in [-0.4, -0.2) is 43.1 Å². The fraction of sp³-hybridized carbons (Fsp3) is 0.500. The van der Waals surface area contributed by atoms with Crippen molar-refractivity contribution in [2.24, 2.45) is 5.73 Å². The summed E-state index contributed by atoms with van der Waals surface area (Å²) >= 11 is 8.20. The predicted molar refractivity (Wildman–Crippen MR) is 88.9 cm³/mol. The molecule has 110 valence electrons. The fourth-order valence-electron chi connectivity index (χ4n) is 2.72. The van der Waals surface area contributed by atoms with Crippen LogP contribution in [0.15, 0.2) is 16.6 Å². The zero-order valence-corrected chi connectivity index (χ0v) is 14.1. The third kappa shape index (κ3) is 3.13. The Morgan fingerprint density at radius 1 is 1.55 bits per heavy atom. The molecule has 2 rings (SSSR count). The van der Waals surface area contributed by atoms with Crippen LogP contribution in [0.3, 0.4) is 0 Å². The Balaban J connectivity index is 2.33. The summed E-state index contributed by atoms with van der Waals surface area (Å²) in [7, 11) is 4.08. The molecule has 1 heterocycles. The van der Waals surface area contributed by atoms with Gasteiger partial charge in [-0.3, -0.25) is 0 Å². The van der Waals surface area contributed by atoms with Crippen LogP contribution in [0.25, 0.3) is 0 Å². The van der Waals surface area contributed by atoms with E-state index >= 15 is 0 Å². The molecule has 1 aromatic rings. The standard InChI is InChI=1S/C14H19BrFN3S/c1-18(2)8-9-4-3-7-19(9)11-6-5-10(14(17)20)12(15)13(11)16/h5-6,9H,3-4,7-8H2,1-2H3,(H2,17,20). The third-order valence-electron chi connectivity index (χ3n) is 3.59. The van der Waals surface area contributed by atoms with Gasteiger partial charge in [-0.1, -0.05) is 12.2 Å². The summed E-state index contributed by atoms with van der Waals surface area (Å²) in [5, 5.41) is 0. The maximum Gasteiger partial charge on any atom is 0.161 e. The molecule has 1 fully saturated rings. The van der Waals surface area contributed by atoms with E-state index in [0.29, 0.717) is 21.8 Å². The minimum absolute atomic E-state index is 0.202. The van der Waals surface area contributed by atoms with Crippen LogP contribution in [-0.2, 0) is 0 Å². The molecule has 0 spiro atoms. The van der Waals surface area contributed by atoms with Crippen molar-refractivity contribution in [2.45, 2.75) is 18.9 Å². The average Bonchev–Trinajstić information content (AvgIpc) is 2.79. The van der Waals surface area contributed by atoms with Gasteiger partial charge in [0.2, 0.25) is 0 Å². The van der Waals surface area contributed by atoms with Crippen LogP contribution in [0, 0.1) is 5.82 Å². The normalized spacial score (nSPS) is 18.9. The van der Waals surface area contributed by atoms with Gasteiger partial charge in [0, 0.05) is 24.7 Å². The van der Waals surface area contributed by atoms with Gasteiger partial charge in [0.25, 0.3) is 0 Å². The second-order valence-corrected chi connectivity index (χ2v) is 6.61. The van der Waals surface area contributed by atoms with Gasteiger partial charge in [-0.2, -0.15) is 0 Å². The van der Waals surface area contributed by atoms with E-state index in [-0.39, 0.29) is 10.8 Å². The lowest BCUT2D eigenvalue weighted by molar-refractivity contribution is 0.371. The molecule has 0 amide bonds. The number of hydrogen-bond donors (Lipinski definition) is 1. The van der Waals surface area contributed by atoms with Crippen LogP contribution in [0.4, 0.5) is 10.1 Å². The Hall–Kier alpha value is -0.720. The van der Waals surface area contributed by atoms with Crippen LogP contribution in [0.1, 0.15) is 18.4 Å². The van der Waals surface area contributed by atoms with Gasteiger partial charge in [0.15, 0.2) is 5.82 Å². The van der Waals surface area contributed by atoms with Crippen LogP contribution >= 0.6 is 28.1 Å². The second kappa shape index (κ2) is 6.37. The maximum atomic E-state index is 14.6. The molecule has 3 nitrogen and oxygen atoms in total. The summed E-state index contributed by atoms with van der Waals surface area (Å²) in [6.07, 6.45) is 2.18. The molecule has 1 atom stereocenters. The minimum atomic E-state index is -0.277. The summed E-state index contributed by atoms with van der Waals surface area (Å²) in [5.74, 6) is -0.277. The van der Waals surface area contributed by atoms with Gasteiger partial charge >= 0.3 is 0 Å². The molecule has 0 bridgehead atoms. The van der Waals surface area contributed by atoms with E-state index < -0.39 is 0 Å². The number of nitrogens with zero attached hydrogens (tertiary/aromatic N) is 2. The smallest absolute Gasteiger partial charge is 0.161 e. The maximum absolute atomic E-state index is 14.6. The molecular weight excluding hydrogens is 341 g/mol. The molecule has 1 unspecified atom stereocenters. The second-order valence-electron chi connectivity index (χ2n) is 5.38. The first kappa shape index (κ1) is 15.7. The number of likely N-dealkylation sites (N-methyl/N-ethyl adjacent to an activating group) is 1. The van der Waals surface area contributed by atoms with Crippen molar-refractivity contribution in [3.8, 4) is 0 Å². The summed E-state index contributed by atoms with van der Waals surface area (Å²) in [6.45, 7) is 1.81. The van der Waals surface area contributed by atoms with Gasteiger partial charge in [-0.25, -0.2) is 4.39 Å². The van der Waals surface area contributed by atoms with E-state index in [1.807, 2.05) is 14.1 Å². The summed E-state index contributed by atoms with van der Waals surface area (Å²) in [4.78, 5) is 4.48. The number of rotatable bonds is 4. The zero-order chi connectivity index (χ0) is 14.9. The number of nitrogens with two attached hydrogens (primary N) is 1.